The molecule has 2 saturated heterocycles. The minimum absolute atomic E-state index is 0. The lowest BCUT2D eigenvalue weighted by Gasteiger charge is -2.37. The molecule has 0 radical (unpaired) electrons. The number of hydrogen-bond donors (Lipinski definition) is 2. The van der Waals surface area contributed by atoms with Crippen molar-refractivity contribution in [1.29, 1.82) is 0 Å². The number of halogens is 5. The fraction of sp³-hybridized carbons (Fsp3) is 0.433. The van der Waals surface area contributed by atoms with Crippen molar-refractivity contribution in [3.05, 3.63) is 52.7 Å². The molecule has 11 nitrogen and oxygen atoms in total. The fourth-order valence-electron chi connectivity index (χ4n) is 5.51. The summed E-state index contributed by atoms with van der Waals surface area (Å²) in [6.45, 7) is 4.86. The van der Waals surface area contributed by atoms with Gasteiger partial charge >= 0.3 is 6.18 Å². The fourth-order valence-corrected chi connectivity index (χ4v) is 5.77. The molecule has 0 atom stereocenters. The molecule has 246 valence electrons. The van der Waals surface area contributed by atoms with Crippen LogP contribution in [0.4, 0.5) is 18.9 Å². The zero-order valence-electron chi connectivity index (χ0n) is 25.2. The second-order valence-corrected chi connectivity index (χ2v) is 11.2. The molecule has 5 rings (SSSR count). The molecule has 16 heteroatoms. The molecule has 2 aliphatic heterocycles. The molecule has 3 amide bonds. The van der Waals surface area contributed by atoms with Crippen molar-refractivity contribution in [1.82, 2.24) is 34.4 Å². The highest BCUT2D eigenvalue weighted by atomic mass is 35.5. The van der Waals surface area contributed by atoms with Gasteiger partial charge in [0.15, 0.2) is 11.5 Å². The van der Waals surface area contributed by atoms with Gasteiger partial charge in [0.05, 0.1) is 28.0 Å². The number of amides is 3. The van der Waals surface area contributed by atoms with Crippen molar-refractivity contribution in [2.45, 2.75) is 32.5 Å². The van der Waals surface area contributed by atoms with Gasteiger partial charge in [-0.15, -0.1) is 18.3 Å². The largest absolute Gasteiger partial charge is 0.435 e. The highest BCUT2D eigenvalue weighted by molar-refractivity contribution is 6.34. The summed E-state index contributed by atoms with van der Waals surface area (Å²) in [5.41, 5.74) is -0.796. The number of anilines is 1. The van der Waals surface area contributed by atoms with Gasteiger partial charge in [0, 0.05) is 51.0 Å². The number of carbonyl (C=O) groups is 3. The van der Waals surface area contributed by atoms with Gasteiger partial charge in [0.1, 0.15) is 6.54 Å². The van der Waals surface area contributed by atoms with Gasteiger partial charge in [-0.25, -0.2) is 4.98 Å². The molecule has 2 aromatic heterocycles. The zero-order valence-corrected chi connectivity index (χ0v) is 26.7. The third kappa shape index (κ3) is 7.49. The average Bonchev–Trinajstić information content (AvgIpc) is 3.63. The predicted octanol–water partition coefficient (Wildman–Crippen LogP) is 3.94. The second-order valence-electron chi connectivity index (χ2n) is 10.8. The number of nitrogens with one attached hydrogen (secondary N) is 2. The quantitative estimate of drug-likeness (QED) is 0.381. The molecular weight excluding hydrogens is 648 g/mol. The minimum atomic E-state index is -4.74. The molecule has 0 spiro atoms. The summed E-state index contributed by atoms with van der Waals surface area (Å²) >= 11 is 6.45. The molecular formula is C30H33Cl2F3N8O3. The van der Waals surface area contributed by atoms with Crippen LogP contribution in [-0.4, -0.2) is 86.1 Å². The first-order chi connectivity index (χ1) is 21.5. The molecule has 4 heterocycles. The van der Waals surface area contributed by atoms with Crippen molar-refractivity contribution in [2.75, 3.05) is 44.6 Å². The number of imidazole rings is 1. The van der Waals surface area contributed by atoms with E-state index in [4.69, 9.17) is 11.6 Å². The van der Waals surface area contributed by atoms with E-state index >= 15 is 0 Å². The number of rotatable bonds is 6. The topological polar surface area (TPSA) is 117 Å². The predicted molar refractivity (Wildman–Crippen MR) is 168 cm³/mol. The number of alkyl halides is 3. The van der Waals surface area contributed by atoms with E-state index in [0.29, 0.717) is 26.2 Å². The smallest absolute Gasteiger partial charge is 0.339 e. The van der Waals surface area contributed by atoms with Crippen molar-refractivity contribution in [3.63, 3.8) is 0 Å². The average molecular weight is 682 g/mol. The Morgan fingerprint density at radius 3 is 2.41 bits per heavy atom. The van der Waals surface area contributed by atoms with E-state index < -0.39 is 17.8 Å². The van der Waals surface area contributed by atoms with Gasteiger partial charge in [0.25, 0.3) is 11.8 Å². The summed E-state index contributed by atoms with van der Waals surface area (Å²) < 4.78 is 43.6. The first-order valence-electron chi connectivity index (χ1n) is 14.4. The molecule has 0 unspecified atom stereocenters. The molecule has 46 heavy (non-hydrogen) atoms. The van der Waals surface area contributed by atoms with Crippen LogP contribution in [0.15, 0.2) is 30.6 Å². The van der Waals surface area contributed by atoms with Crippen LogP contribution < -0.4 is 10.6 Å². The van der Waals surface area contributed by atoms with Gasteiger partial charge < -0.3 is 25.0 Å². The van der Waals surface area contributed by atoms with E-state index in [1.807, 2.05) is 4.90 Å². The Morgan fingerprint density at radius 2 is 1.78 bits per heavy atom. The van der Waals surface area contributed by atoms with Crippen LogP contribution >= 0.6 is 24.0 Å². The van der Waals surface area contributed by atoms with Gasteiger partial charge in [-0.2, -0.15) is 18.3 Å². The summed E-state index contributed by atoms with van der Waals surface area (Å²) in [5, 5.41) is 9.65. The van der Waals surface area contributed by atoms with Crippen molar-refractivity contribution < 1.29 is 27.6 Å². The van der Waals surface area contributed by atoms with Crippen LogP contribution in [0.5, 0.6) is 0 Å². The summed E-state index contributed by atoms with van der Waals surface area (Å²) in [6.07, 6.45) is -0.713. The molecule has 0 saturated carbocycles. The third-order valence-corrected chi connectivity index (χ3v) is 8.25. The summed E-state index contributed by atoms with van der Waals surface area (Å²) in [7, 11) is 1.43. The molecule has 0 aliphatic carbocycles. The van der Waals surface area contributed by atoms with Crippen LogP contribution in [0.1, 0.15) is 46.4 Å². The maximum absolute atomic E-state index is 13.7. The molecule has 2 N–H and O–H groups in total. The zero-order chi connectivity index (χ0) is 32.3. The number of piperidine rings is 1. The van der Waals surface area contributed by atoms with E-state index in [9.17, 15) is 27.6 Å². The lowest BCUT2D eigenvalue weighted by molar-refractivity contribution is -0.141. The number of piperazine rings is 1. The maximum atomic E-state index is 13.7. The normalized spacial score (nSPS) is 15.5. The third-order valence-electron chi connectivity index (χ3n) is 7.94. The van der Waals surface area contributed by atoms with Crippen LogP contribution in [-0.2, 0) is 24.6 Å². The monoisotopic (exact) mass is 680 g/mol. The number of aromatic nitrogens is 4. The maximum Gasteiger partial charge on any atom is 0.435 e. The number of carbonyl (C=O) groups excluding carboxylic acids is 3. The Bertz CT molecular complexity index is 1660. The summed E-state index contributed by atoms with van der Waals surface area (Å²) in [5.74, 6) is 4.32. The van der Waals surface area contributed by atoms with Gasteiger partial charge in [-0.05, 0) is 51.1 Å². The molecule has 3 aromatic rings. The first kappa shape index (κ1) is 34.8. The number of benzene rings is 1. The van der Waals surface area contributed by atoms with E-state index in [1.165, 1.54) is 42.2 Å². The minimum Gasteiger partial charge on any atom is -0.339 e. The summed E-state index contributed by atoms with van der Waals surface area (Å²) in [6, 6.07) is 4.44. The lowest BCUT2D eigenvalue weighted by Crippen LogP contribution is -2.52. The van der Waals surface area contributed by atoms with E-state index in [-0.39, 0.29) is 70.0 Å². The van der Waals surface area contributed by atoms with Crippen molar-refractivity contribution in [2.24, 2.45) is 13.0 Å². The van der Waals surface area contributed by atoms with E-state index in [0.717, 1.165) is 30.6 Å². The van der Waals surface area contributed by atoms with Gasteiger partial charge in [-0.1, -0.05) is 17.5 Å². The number of nitrogens with zero attached hydrogens (tertiary/aromatic N) is 6. The molecule has 2 aliphatic rings. The van der Waals surface area contributed by atoms with Crippen LogP contribution in [0.25, 0.3) is 11.3 Å². The van der Waals surface area contributed by atoms with Crippen LogP contribution in [0.2, 0.25) is 5.02 Å². The van der Waals surface area contributed by atoms with Crippen molar-refractivity contribution >= 4 is 47.4 Å². The van der Waals surface area contributed by atoms with Crippen molar-refractivity contribution in [3.8, 4) is 23.1 Å². The first-order valence-corrected chi connectivity index (χ1v) is 14.8. The Labute approximate surface area is 274 Å². The Balaban J connectivity index is 0.00000480. The Morgan fingerprint density at radius 1 is 1.11 bits per heavy atom. The van der Waals surface area contributed by atoms with Crippen LogP contribution in [0, 0.1) is 17.8 Å². The standard InChI is InChI=1S/C30H32ClF3N8O3.ClH/c1-3-4-11-42-18-22(25(38-42)30(32,33)34)24-17-36-26(39(24)2)27(43)37-20-5-6-21(23(31)16-20)29(45)41-14-12-40(13-15-41)28(44)19-7-9-35-10-8-19;/h5-6,16-19,35H,7-15H2,1-2H3,(H,37,43);1H. The summed E-state index contributed by atoms with van der Waals surface area (Å²) in [4.78, 5) is 46.7. The van der Waals surface area contributed by atoms with Crippen LogP contribution in [0.3, 0.4) is 0 Å². The second kappa shape index (κ2) is 14.6. The highest BCUT2D eigenvalue weighted by Crippen LogP contribution is 2.36. The molecule has 1 aromatic carbocycles. The van der Waals surface area contributed by atoms with E-state index in [1.54, 1.807) is 11.8 Å². The molecule has 2 fully saturated rings. The lowest BCUT2D eigenvalue weighted by atomic mass is 9.96. The number of hydrogen-bond acceptors (Lipinski definition) is 6. The van der Waals surface area contributed by atoms with Gasteiger partial charge in [-0.3, -0.25) is 19.1 Å². The van der Waals surface area contributed by atoms with Gasteiger partial charge in [0.2, 0.25) is 5.91 Å². The Hall–Kier alpha value is -4.06. The molecule has 0 bridgehead atoms. The SMILES string of the molecule is CC#CCn1cc(-c2cnc(C(=O)Nc3ccc(C(=O)N4CCN(C(=O)C5CCNCC5)CC4)c(Cl)c3)n2C)c(C(F)(F)F)n1.Cl. The Kier molecular flexibility index (Phi) is 11.0. The van der Waals surface area contributed by atoms with E-state index in [2.05, 4.69) is 32.6 Å². The highest BCUT2D eigenvalue weighted by Gasteiger charge is 2.38.